The average molecular weight is 706 g/mol. The Morgan fingerprint density at radius 2 is 0.870 bits per heavy atom. The Bertz CT molecular complexity index is 2920. The first-order valence-electron chi connectivity index (χ1n) is 18.4. The minimum Gasteiger partial charge on any atom is -0.310 e. The van der Waals surface area contributed by atoms with Gasteiger partial charge >= 0.3 is 0 Å². The SMILES string of the molecule is c1ccc(-c2ccc(N(c3cccc(-c4ccc(-c5ccc6ccccc6c5)cc4)c3)c3ccccc3-c3cccc4c3sc3ccccc34)cc2)cc1. The van der Waals surface area contributed by atoms with Crippen molar-refractivity contribution < 1.29 is 0 Å². The molecule has 0 radical (unpaired) electrons. The van der Waals surface area contributed by atoms with Crippen molar-refractivity contribution in [2.45, 2.75) is 0 Å². The summed E-state index contributed by atoms with van der Waals surface area (Å²) in [5.74, 6) is 0. The van der Waals surface area contributed by atoms with E-state index in [1.54, 1.807) is 0 Å². The number of benzene rings is 9. The number of hydrogen-bond donors (Lipinski definition) is 0. The Labute approximate surface area is 319 Å². The van der Waals surface area contributed by atoms with E-state index < -0.39 is 0 Å². The zero-order valence-corrected chi connectivity index (χ0v) is 30.4. The lowest BCUT2D eigenvalue weighted by Gasteiger charge is -2.28. The van der Waals surface area contributed by atoms with Gasteiger partial charge in [0.15, 0.2) is 0 Å². The topological polar surface area (TPSA) is 3.24 Å². The van der Waals surface area contributed by atoms with E-state index in [0.29, 0.717) is 0 Å². The number of anilines is 3. The van der Waals surface area contributed by atoms with E-state index in [1.807, 2.05) is 11.3 Å². The average Bonchev–Trinajstić information content (AvgIpc) is 3.64. The Morgan fingerprint density at radius 3 is 1.70 bits per heavy atom. The molecule has 0 aliphatic carbocycles. The fourth-order valence-electron chi connectivity index (χ4n) is 7.77. The molecule has 0 aliphatic heterocycles. The Morgan fingerprint density at radius 1 is 0.315 bits per heavy atom. The summed E-state index contributed by atoms with van der Waals surface area (Å²) in [7, 11) is 0. The van der Waals surface area contributed by atoms with Crippen LogP contribution >= 0.6 is 11.3 Å². The fraction of sp³-hybridized carbons (Fsp3) is 0. The zero-order chi connectivity index (χ0) is 35.8. The molecule has 2 heteroatoms. The smallest absolute Gasteiger partial charge is 0.0540 e. The first-order chi connectivity index (χ1) is 26.8. The molecule has 0 spiro atoms. The normalized spacial score (nSPS) is 11.3. The second kappa shape index (κ2) is 13.7. The lowest BCUT2D eigenvalue weighted by atomic mass is 9.97. The molecule has 0 aliphatic rings. The summed E-state index contributed by atoms with van der Waals surface area (Å²) < 4.78 is 2.62. The van der Waals surface area contributed by atoms with E-state index in [0.717, 1.165) is 17.1 Å². The van der Waals surface area contributed by atoms with Gasteiger partial charge in [-0.05, 0) is 86.6 Å². The molecular weight excluding hydrogens is 671 g/mol. The molecule has 0 atom stereocenters. The van der Waals surface area contributed by atoms with E-state index in [-0.39, 0.29) is 0 Å². The number of fused-ring (bicyclic) bond motifs is 4. The van der Waals surface area contributed by atoms with E-state index in [1.165, 1.54) is 75.5 Å². The van der Waals surface area contributed by atoms with E-state index >= 15 is 0 Å². The Balaban J connectivity index is 1.09. The molecular formula is C52H35NS. The second-order valence-electron chi connectivity index (χ2n) is 13.7. The van der Waals surface area contributed by atoms with Crippen molar-refractivity contribution in [2.24, 2.45) is 0 Å². The van der Waals surface area contributed by atoms with Crippen molar-refractivity contribution >= 4 is 59.3 Å². The molecule has 0 bridgehead atoms. The second-order valence-corrected chi connectivity index (χ2v) is 14.8. The summed E-state index contributed by atoms with van der Waals surface area (Å²) in [6.07, 6.45) is 0. The van der Waals surface area contributed by atoms with Gasteiger partial charge in [0.05, 0.1) is 5.69 Å². The molecule has 9 aromatic carbocycles. The predicted molar refractivity (Wildman–Crippen MR) is 233 cm³/mol. The van der Waals surface area contributed by atoms with E-state index in [2.05, 4.69) is 217 Å². The molecule has 254 valence electrons. The highest BCUT2D eigenvalue weighted by molar-refractivity contribution is 7.26. The molecule has 1 heterocycles. The van der Waals surface area contributed by atoms with Crippen molar-refractivity contribution in [3.8, 4) is 44.5 Å². The number of thiophene rings is 1. The van der Waals surface area contributed by atoms with Crippen LogP contribution in [0.5, 0.6) is 0 Å². The van der Waals surface area contributed by atoms with Crippen LogP contribution in [-0.2, 0) is 0 Å². The zero-order valence-electron chi connectivity index (χ0n) is 29.6. The van der Waals surface area contributed by atoms with Crippen molar-refractivity contribution in [3.63, 3.8) is 0 Å². The highest BCUT2D eigenvalue weighted by Crippen LogP contribution is 2.46. The molecule has 0 amide bonds. The molecule has 1 aromatic heterocycles. The quantitative estimate of drug-likeness (QED) is 0.160. The van der Waals surface area contributed by atoms with Crippen molar-refractivity contribution in [2.75, 3.05) is 4.90 Å². The maximum atomic E-state index is 2.42. The molecule has 0 fully saturated rings. The van der Waals surface area contributed by atoms with Gasteiger partial charge < -0.3 is 4.90 Å². The molecule has 54 heavy (non-hydrogen) atoms. The summed E-state index contributed by atoms with van der Waals surface area (Å²) in [6, 6.07) is 77.1. The van der Waals surface area contributed by atoms with Gasteiger partial charge in [-0.25, -0.2) is 0 Å². The summed E-state index contributed by atoms with van der Waals surface area (Å²) >= 11 is 1.88. The maximum Gasteiger partial charge on any atom is 0.0540 e. The number of para-hydroxylation sites is 1. The summed E-state index contributed by atoms with van der Waals surface area (Å²) in [5, 5.41) is 5.13. The molecule has 10 aromatic rings. The van der Waals surface area contributed by atoms with Crippen molar-refractivity contribution in [3.05, 3.63) is 212 Å². The minimum absolute atomic E-state index is 1.11. The first-order valence-corrected chi connectivity index (χ1v) is 19.2. The maximum absolute atomic E-state index is 2.42. The van der Waals surface area contributed by atoms with Crippen LogP contribution in [0.3, 0.4) is 0 Å². The predicted octanol–water partition coefficient (Wildman–Crippen LogP) is 15.3. The molecule has 0 unspecified atom stereocenters. The van der Waals surface area contributed by atoms with Gasteiger partial charge in [0.25, 0.3) is 0 Å². The number of nitrogens with zero attached hydrogens (tertiary/aromatic N) is 1. The van der Waals surface area contributed by atoms with Gasteiger partial charge in [-0.2, -0.15) is 0 Å². The van der Waals surface area contributed by atoms with Crippen LogP contribution < -0.4 is 4.90 Å². The van der Waals surface area contributed by atoms with Gasteiger partial charge in [-0.3, -0.25) is 0 Å². The van der Waals surface area contributed by atoms with Gasteiger partial charge in [0.2, 0.25) is 0 Å². The van der Waals surface area contributed by atoms with Crippen molar-refractivity contribution in [1.29, 1.82) is 0 Å². The van der Waals surface area contributed by atoms with Crippen molar-refractivity contribution in [1.82, 2.24) is 0 Å². The van der Waals surface area contributed by atoms with Crippen LogP contribution in [0, 0.1) is 0 Å². The van der Waals surface area contributed by atoms with Gasteiger partial charge in [0, 0.05) is 42.7 Å². The van der Waals surface area contributed by atoms with Gasteiger partial charge in [0.1, 0.15) is 0 Å². The van der Waals surface area contributed by atoms with Gasteiger partial charge in [-0.1, -0.05) is 170 Å². The van der Waals surface area contributed by atoms with Crippen LogP contribution in [-0.4, -0.2) is 0 Å². The Kier molecular flexibility index (Phi) is 8.09. The third kappa shape index (κ3) is 5.84. The Hall–Kier alpha value is -6.74. The summed E-state index contributed by atoms with van der Waals surface area (Å²) in [5.41, 5.74) is 13.0. The highest BCUT2D eigenvalue weighted by atomic mass is 32.1. The third-order valence-corrected chi connectivity index (χ3v) is 11.7. The molecule has 10 rings (SSSR count). The monoisotopic (exact) mass is 705 g/mol. The number of hydrogen-bond acceptors (Lipinski definition) is 2. The third-order valence-electron chi connectivity index (χ3n) is 10.5. The molecule has 1 nitrogen and oxygen atoms in total. The lowest BCUT2D eigenvalue weighted by Crippen LogP contribution is -2.11. The molecule has 0 saturated carbocycles. The van der Waals surface area contributed by atoms with E-state index in [9.17, 15) is 0 Å². The highest BCUT2D eigenvalue weighted by Gasteiger charge is 2.20. The summed E-state index contributed by atoms with van der Waals surface area (Å²) in [4.78, 5) is 2.42. The lowest BCUT2D eigenvalue weighted by molar-refractivity contribution is 1.28. The molecule has 0 N–H and O–H groups in total. The van der Waals surface area contributed by atoms with Crippen LogP contribution in [0.2, 0.25) is 0 Å². The fourth-order valence-corrected chi connectivity index (χ4v) is 9.00. The first kappa shape index (κ1) is 32.0. The van der Waals surface area contributed by atoms with Crippen LogP contribution in [0.1, 0.15) is 0 Å². The summed E-state index contributed by atoms with van der Waals surface area (Å²) in [6.45, 7) is 0. The minimum atomic E-state index is 1.11. The van der Waals surface area contributed by atoms with Crippen LogP contribution in [0.15, 0.2) is 212 Å². The standard InChI is InChI=1S/C52H35NS/c1-2-12-36(13-3-1)38-30-32-44(33-31-38)53(50-22-8-6-18-46(50)48-20-11-21-49-47-19-7-9-23-51(47)54-52(48)49)45-17-10-16-42(35-45)39-24-26-40(27-25-39)43-29-28-37-14-4-5-15-41(37)34-43/h1-35H. The largest absolute Gasteiger partial charge is 0.310 e. The van der Waals surface area contributed by atoms with E-state index in [4.69, 9.17) is 0 Å². The van der Waals surface area contributed by atoms with Crippen LogP contribution in [0.25, 0.3) is 75.5 Å². The van der Waals surface area contributed by atoms with Crippen LogP contribution in [0.4, 0.5) is 17.1 Å². The van der Waals surface area contributed by atoms with Gasteiger partial charge in [-0.15, -0.1) is 11.3 Å². The number of rotatable bonds is 7. The molecule has 0 saturated heterocycles.